The van der Waals surface area contributed by atoms with Crippen molar-refractivity contribution >= 4 is 35.0 Å². The summed E-state index contributed by atoms with van der Waals surface area (Å²) in [6, 6.07) is 23.3. The lowest BCUT2D eigenvalue weighted by Gasteiger charge is -2.15. The third kappa shape index (κ3) is 6.46. The van der Waals surface area contributed by atoms with Crippen molar-refractivity contribution in [3.63, 3.8) is 0 Å². The molecular formula is C24H23FN2O2S. The molecule has 0 saturated heterocycles. The van der Waals surface area contributed by atoms with Crippen LogP contribution in [0.4, 0.5) is 15.8 Å². The van der Waals surface area contributed by atoms with Crippen LogP contribution in [0.5, 0.6) is 0 Å². The van der Waals surface area contributed by atoms with Crippen LogP contribution in [0.3, 0.4) is 0 Å². The number of rotatable bonds is 8. The average molecular weight is 423 g/mol. The van der Waals surface area contributed by atoms with Gasteiger partial charge in [0.1, 0.15) is 5.82 Å². The van der Waals surface area contributed by atoms with Gasteiger partial charge in [-0.15, -0.1) is 11.8 Å². The molecule has 30 heavy (non-hydrogen) atoms. The Labute approximate surface area is 179 Å². The number of carbonyl (C=O) groups excluding carboxylic acids is 2. The fourth-order valence-corrected chi connectivity index (χ4v) is 3.54. The summed E-state index contributed by atoms with van der Waals surface area (Å²) in [6.07, 6.45) is 0.721. The van der Waals surface area contributed by atoms with E-state index in [4.69, 9.17) is 0 Å². The van der Waals surface area contributed by atoms with Gasteiger partial charge < -0.3 is 10.6 Å². The van der Waals surface area contributed by atoms with Gasteiger partial charge in [0.05, 0.1) is 11.0 Å². The lowest BCUT2D eigenvalue weighted by Crippen LogP contribution is -2.25. The van der Waals surface area contributed by atoms with Crippen molar-refractivity contribution in [3.8, 4) is 0 Å². The van der Waals surface area contributed by atoms with E-state index in [0.29, 0.717) is 5.69 Å². The minimum Gasteiger partial charge on any atom is -0.325 e. The van der Waals surface area contributed by atoms with E-state index < -0.39 is 5.25 Å². The van der Waals surface area contributed by atoms with E-state index in [1.807, 2.05) is 42.5 Å². The molecule has 0 aromatic heterocycles. The number of hydrogen-bond donors (Lipinski definition) is 2. The Morgan fingerprint density at radius 1 is 0.900 bits per heavy atom. The van der Waals surface area contributed by atoms with Crippen molar-refractivity contribution in [1.82, 2.24) is 0 Å². The second-order valence-electron chi connectivity index (χ2n) is 6.82. The first-order chi connectivity index (χ1) is 14.5. The molecule has 3 aromatic rings. The van der Waals surface area contributed by atoms with Gasteiger partial charge in [-0.3, -0.25) is 9.59 Å². The van der Waals surface area contributed by atoms with Gasteiger partial charge in [0.25, 0.3) is 0 Å². The molecule has 0 spiro atoms. The van der Waals surface area contributed by atoms with Crippen molar-refractivity contribution in [2.45, 2.75) is 18.6 Å². The maximum absolute atomic E-state index is 12.9. The number of thioether (sulfide) groups is 1. The second-order valence-corrected chi connectivity index (χ2v) is 8.15. The lowest BCUT2D eigenvalue weighted by atomic mass is 10.0. The third-order valence-electron chi connectivity index (χ3n) is 4.47. The molecule has 0 saturated carbocycles. The number of para-hydroxylation sites is 1. The first kappa shape index (κ1) is 21.6. The Hall–Kier alpha value is -3.12. The van der Waals surface area contributed by atoms with Gasteiger partial charge in [0.15, 0.2) is 0 Å². The van der Waals surface area contributed by atoms with Gasteiger partial charge in [0.2, 0.25) is 11.8 Å². The monoisotopic (exact) mass is 422 g/mol. The normalized spacial score (nSPS) is 11.5. The molecule has 154 valence electrons. The highest BCUT2D eigenvalue weighted by Gasteiger charge is 2.17. The molecule has 0 unspecified atom stereocenters. The predicted octanol–water partition coefficient (Wildman–Crippen LogP) is 5.12. The molecule has 3 aromatic carbocycles. The smallest absolute Gasteiger partial charge is 0.237 e. The molecular weight excluding hydrogens is 399 g/mol. The number of nitrogens with one attached hydrogen (secondary N) is 2. The molecule has 0 fully saturated rings. The summed E-state index contributed by atoms with van der Waals surface area (Å²) in [5.74, 6) is -0.636. The summed E-state index contributed by atoms with van der Waals surface area (Å²) in [5.41, 5.74) is 3.49. The number of halogens is 1. The summed E-state index contributed by atoms with van der Waals surface area (Å²) in [6.45, 7) is 1.77. The standard InChI is InChI=1S/C24H23FN2O2S/c1-17(30-16-23(28)26-21-13-11-20(25)12-14-21)24(29)27-22-10-6-5-9-19(22)15-18-7-3-2-4-8-18/h2-14,17H,15-16H2,1H3,(H,26,28)(H,27,29)/t17-/m0/s1. The Balaban J connectivity index is 1.53. The molecule has 2 N–H and O–H groups in total. The molecule has 0 heterocycles. The molecule has 1 atom stereocenters. The maximum Gasteiger partial charge on any atom is 0.237 e. The summed E-state index contributed by atoms with van der Waals surface area (Å²) in [5, 5.41) is 5.26. The number of hydrogen-bond acceptors (Lipinski definition) is 3. The van der Waals surface area contributed by atoms with Gasteiger partial charge in [-0.25, -0.2) is 4.39 Å². The summed E-state index contributed by atoms with van der Waals surface area (Å²) in [4.78, 5) is 24.7. The SMILES string of the molecule is C[C@H](SCC(=O)Nc1ccc(F)cc1)C(=O)Nc1ccccc1Cc1ccccc1. The highest BCUT2D eigenvalue weighted by atomic mass is 32.2. The molecule has 4 nitrogen and oxygen atoms in total. The van der Waals surface area contributed by atoms with Crippen molar-refractivity contribution in [2.75, 3.05) is 16.4 Å². The molecule has 0 aliphatic carbocycles. The second kappa shape index (κ2) is 10.6. The summed E-state index contributed by atoms with van der Waals surface area (Å²) in [7, 11) is 0. The zero-order chi connectivity index (χ0) is 21.3. The van der Waals surface area contributed by atoms with Gasteiger partial charge in [-0.2, -0.15) is 0 Å². The fourth-order valence-electron chi connectivity index (χ4n) is 2.85. The maximum atomic E-state index is 12.9. The van der Waals surface area contributed by atoms with Crippen molar-refractivity contribution in [3.05, 3.63) is 95.8 Å². The molecule has 0 bridgehead atoms. The molecule has 0 aliphatic heterocycles. The van der Waals surface area contributed by atoms with Crippen LogP contribution in [0.25, 0.3) is 0 Å². The number of benzene rings is 3. The van der Waals surface area contributed by atoms with Crippen LogP contribution < -0.4 is 10.6 Å². The van der Waals surface area contributed by atoms with E-state index in [0.717, 1.165) is 17.7 Å². The van der Waals surface area contributed by atoms with Crippen LogP contribution in [0, 0.1) is 5.82 Å². The first-order valence-corrected chi connectivity index (χ1v) is 10.7. The molecule has 2 amide bonds. The van der Waals surface area contributed by atoms with Gasteiger partial charge in [-0.05, 0) is 54.8 Å². The van der Waals surface area contributed by atoms with E-state index in [9.17, 15) is 14.0 Å². The minimum absolute atomic E-state index is 0.123. The molecule has 0 radical (unpaired) electrons. The molecule has 6 heteroatoms. The third-order valence-corrected chi connectivity index (χ3v) is 5.62. The van der Waals surface area contributed by atoms with Crippen LogP contribution in [-0.2, 0) is 16.0 Å². The number of carbonyl (C=O) groups is 2. The molecule has 0 aliphatic rings. The number of amides is 2. The van der Waals surface area contributed by atoms with Crippen LogP contribution in [0.2, 0.25) is 0 Å². The topological polar surface area (TPSA) is 58.2 Å². The zero-order valence-electron chi connectivity index (χ0n) is 16.6. The Kier molecular flexibility index (Phi) is 7.63. The zero-order valence-corrected chi connectivity index (χ0v) is 17.4. The van der Waals surface area contributed by atoms with E-state index in [1.54, 1.807) is 6.92 Å². The first-order valence-electron chi connectivity index (χ1n) is 9.61. The minimum atomic E-state index is -0.409. The van der Waals surface area contributed by atoms with Crippen molar-refractivity contribution < 1.29 is 14.0 Å². The van der Waals surface area contributed by atoms with E-state index >= 15 is 0 Å². The number of anilines is 2. The summed E-state index contributed by atoms with van der Waals surface area (Å²) >= 11 is 1.25. The van der Waals surface area contributed by atoms with E-state index in [-0.39, 0.29) is 23.4 Å². The van der Waals surface area contributed by atoms with Crippen LogP contribution in [0.15, 0.2) is 78.9 Å². The lowest BCUT2D eigenvalue weighted by molar-refractivity contribution is -0.115. The van der Waals surface area contributed by atoms with Gasteiger partial charge >= 0.3 is 0 Å². The van der Waals surface area contributed by atoms with Crippen LogP contribution in [0.1, 0.15) is 18.1 Å². The highest BCUT2D eigenvalue weighted by Crippen LogP contribution is 2.21. The quantitative estimate of drug-likeness (QED) is 0.530. The van der Waals surface area contributed by atoms with E-state index in [1.165, 1.54) is 41.6 Å². The fraction of sp³-hybridized carbons (Fsp3) is 0.167. The highest BCUT2D eigenvalue weighted by molar-refractivity contribution is 8.01. The van der Waals surface area contributed by atoms with Gasteiger partial charge in [0, 0.05) is 11.4 Å². The largest absolute Gasteiger partial charge is 0.325 e. The van der Waals surface area contributed by atoms with E-state index in [2.05, 4.69) is 22.8 Å². The van der Waals surface area contributed by atoms with Crippen molar-refractivity contribution in [2.24, 2.45) is 0 Å². The van der Waals surface area contributed by atoms with Crippen LogP contribution >= 0.6 is 11.8 Å². The van der Waals surface area contributed by atoms with Crippen molar-refractivity contribution in [1.29, 1.82) is 0 Å². The summed E-state index contributed by atoms with van der Waals surface area (Å²) < 4.78 is 12.9. The van der Waals surface area contributed by atoms with Gasteiger partial charge in [-0.1, -0.05) is 48.5 Å². The Morgan fingerprint density at radius 2 is 1.57 bits per heavy atom. The predicted molar refractivity (Wildman–Crippen MR) is 121 cm³/mol. The Bertz CT molecular complexity index is 994. The molecule has 3 rings (SSSR count). The van der Waals surface area contributed by atoms with Crippen LogP contribution in [-0.4, -0.2) is 22.8 Å². The average Bonchev–Trinajstić information content (AvgIpc) is 2.75. The Morgan fingerprint density at radius 3 is 2.30 bits per heavy atom.